The molecule has 0 amide bonds. The number of carboxylic acid groups (broad SMARTS) is 2. The Labute approximate surface area is 114 Å². The minimum Gasteiger partial charge on any atom is -0.478 e. The van der Waals surface area contributed by atoms with E-state index < -0.39 is 11.9 Å². The van der Waals surface area contributed by atoms with Crippen LogP contribution in [0.3, 0.4) is 0 Å². The van der Waals surface area contributed by atoms with Crippen LogP contribution < -0.4 is 4.74 Å². The molecule has 1 aliphatic heterocycles. The van der Waals surface area contributed by atoms with Crippen molar-refractivity contribution in [2.45, 2.75) is 6.42 Å². The summed E-state index contributed by atoms with van der Waals surface area (Å²) in [6.07, 6.45) is 0.520. The second-order valence-corrected chi connectivity index (χ2v) is 4.53. The molecule has 0 fully saturated rings. The van der Waals surface area contributed by atoms with Gasteiger partial charge in [0.15, 0.2) is 0 Å². The third kappa shape index (κ3) is 1.99. The van der Waals surface area contributed by atoms with Crippen molar-refractivity contribution in [2.24, 2.45) is 0 Å². The number of carbonyl (C=O) groups is 2. The Morgan fingerprint density at radius 1 is 0.850 bits per heavy atom. The molecule has 0 unspecified atom stereocenters. The predicted molar refractivity (Wildman–Crippen MR) is 69.7 cm³/mol. The topological polar surface area (TPSA) is 83.8 Å². The Balaban J connectivity index is 2.02. The third-order valence-electron chi connectivity index (χ3n) is 3.22. The van der Waals surface area contributed by atoms with Gasteiger partial charge in [0.05, 0.1) is 11.1 Å². The molecule has 20 heavy (non-hydrogen) atoms. The molecule has 5 nitrogen and oxygen atoms in total. The molecule has 0 spiro atoms. The zero-order chi connectivity index (χ0) is 14.3. The molecule has 2 aromatic rings. The molecule has 1 aliphatic rings. The van der Waals surface area contributed by atoms with Crippen molar-refractivity contribution in [3.05, 3.63) is 58.7 Å². The molecule has 1 heterocycles. The fourth-order valence-electron chi connectivity index (χ4n) is 2.20. The van der Waals surface area contributed by atoms with E-state index in [1.807, 2.05) is 0 Å². The number of ether oxygens (including phenoxy) is 1. The zero-order valence-electron chi connectivity index (χ0n) is 10.3. The highest BCUT2D eigenvalue weighted by Gasteiger charge is 2.19. The molecule has 0 bridgehead atoms. The van der Waals surface area contributed by atoms with Gasteiger partial charge in [-0.1, -0.05) is 6.07 Å². The number of rotatable bonds is 2. The first-order valence-electron chi connectivity index (χ1n) is 5.95. The molecule has 2 N–H and O–H groups in total. The van der Waals surface area contributed by atoms with E-state index in [2.05, 4.69) is 0 Å². The smallest absolute Gasteiger partial charge is 0.335 e. The number of carboxylic acids is 2. The van der Waals surface area contributed by atoms with Crippen molar-refractivity contribution in [2.75, 3.05) is 0 Å². The molecule has 5 heteroatoms. The van der Waals surface area contributed by atoms with E-state index in [9.17, 15) is 9.59 Å². The van der Waals surface area contributed by atoms with Crippen LogP contribution in [0.15, 0.2) is 36.4 Å². The number of hydrogen-bond donors (Lipinski definition) is 2. The first-order chi connectivity index (χ1) is 9.54. The number of aromatic carboxylic acids is 2. The molecule has 0 radical (unpaired) electrons. The van der Waals surface area contributed by atoms with Gasteiger partial charge in [0.1, 0.15) is 11.5 Å². The van der Waals surface area contributed by atoms with Gasteiger partial charge in [-0.15, -0.1) is 0 Å². The first-order valence-corrected chi connectivity index (χ1v) is 5.95. The Hall–Kier alpha value is -2.82. The average Bonchev–Trinajstić information content (AvgIpc) is 2.43. The summed E-state index contributed by atoms with van der Waals surface area (Å²) >= 11 is 0. The molecule has 0 saturated carbocycles. The van der Waals surface area contributed by atoms with Crippen LogP contribution in [0.1, 0.15) is 31.8 Å². The maximum absolute atomic E-state index is 10.9. The summed E-state index contributed by atoms with van der Waals surface area (Å²) < 4.78 is 5.65. The maximum atomic E-state index is 10.9. The van der Waals surface area contributed by atoms with Crippen molar-refractivity contribution in [1.29, 1.82) is 0 Å². The number of benzene rings is 2. The summed E-state index contributed by atoms with van der Waals surface area (Å²) in [4.78, 5) is 21.9. The Morgan fingerprint density at radius 3 is 2.20 bits per heavy atom. The highest BCUT2D eigenvalue weighted by atomic mass is 16.5. The maximum Gasteiger partial charge on any atom is 0.335 e. The molecule has 100 valence electrons. The summed E-state index contributed by atoms with van der Waals surface area (Å²) in [6, 6.07) is 9.31. The van der Waals surface area contributed by atoms with Crippen LogP contribution in [-0.4, -0.2) is 22.2 Å². The Morgan fingerprint density at radius 2 is 1.50 bits per heavy atom. The average molecular weight is 270 g/mol. The highest BCUT2D eigenvalue weighted by molar-refractivity contribution is 5.89. The zero-order valence-corrected chi connectivity index (χ0v) is 10.3. The third-order valence-corrected chi connectivity index (χ3v) is 3.22. The molecule has 3 rings (SSSR count). The van der Waals surface area contributed by atoms with Gasteiger partial charge in [0, 0.05) is 12.0 Å². The van der Waals surface area contributed by atoms with Crippen molar-refractivity contribution < 1.29 is 24.5 Å². The van der Waals surface area contributed by atoms with Crippen LogP contribution in [0.4, 0.5) is 0 Å². The standard InChI is InChI=1S/C15H10O5/c16-14(17)9-3-4-12-11(6-9)5-8-1-2-10(15(18)19)7-13(8)20-12/h1-4,6-7H,5H2,(H,16,17)(H,18,19). The lowest BCUT2D eigenvalue weighted by molar-refractivity contribution is 0.0685. The Bertz CT molecular complexity index is 670. The lowest BCUT2D eigenvalue weighted by Gasteiger charge is -2.20. The molecular weight excluding hydrogens is 260 g/mol. The van der Waals surface area contributed by atoms with Gasteiger partial charge < -0.3 is 14.9 Å². The van der Waals surface area contributed by atoms with Crippen LogP contribution in [0.5, 0.6) is 11.5 Å². The molecule has 0 aliphatic carbocycles. The number of hydrogen-bond acceptors (Lipinski definition) is 3. The summed E-state index contributed by atoms with van der Waals surface area (Å²) in [6.45, 7) is 0. The number of fused-ring (bicyclic) bond motifs is 2. The van der Waals surface area contributed by atoms with Crippen molar-refractivity contribution in [3.63, 3.8) is 0 Å². The lowest BCUT2D eigenvalue weighted by Crippen LogP contribution is -2.07. The fraction of sp³-hybridized carbons (Fsp3) is 0.0667. The van der Waals surface area contributed by atoms with Gasteiger partial charge in [0.2, 0.25) is 0 Å². The minimum absolute atomic E-state index is 0.161. The van der Waals surface area contributed by atoms with Gasteiger partial charge in [-0.05, 0) is 35.9 Å². The van der Waals surface area contributed by atoms with Crippen molar-refractivity contribution in [3.8, 4) is 11.5 Å². The van der Waals surface area contributed by atoms with E-state index in [1.165, 1.54) is 18.2 Å². The van der Waals surface area contributed by atoms with E-state index in [4.69, 9.17) is 14.9 Å². The van der Waals surface area contributed by atoms with Crippen LogP contribution in [0, 0.1) is 0 Å². The summed E-state index contributed by atoms with van der Waals surface area (Å²) in [5.41, 5.74) is 1.98. The van der Waals surface area contributed by atoms with Gasteiger partial charge in [-0.25, -0.2) is 9.59 Å². The molecule has 0 atom stereocenters. The lowest BCUT2D eigenvalue weighted by atomic mass is 9.97. The van der Waals surface area contributed by atoms with Gasteiger partial charge in [0.25, 0.3) is 0 Å². The van der Waals surface area contributed by atoms with Crippen LogP contribution in [0.2, 0.25) is 0 Å². The summed E-state index contributed by atoms with van der Waals surface area (Å²) in [5.74, 6) is -0.936. The highest BCUT2D eigenvalue weighted by Crippen LogP contribution is 2.37. The van der Waals surface area contributed by atoms with Gasteiger partial charge >= 0.3 is 11.9 Å². The monoisotopic (exact) mass is 270 g/mol. The fourth-order valence-corrected chi connectivity index (χ4v) is 2.20. The van der Waals surface area contributed by atoms with E-state index in [1.54, 1.807) is 18.2 Å². The van der Waals surface area contributed by atoms with E-state index in [-0.39, 0.29) is 11.1 Å². The largest absolute Gasteiger partial charge is 0.478 e. The minimum atomic E-state index is -1.01. The molecular formula is C15H10O5. The van der Waals surface area contributed by atoms with E-state index in [0.29, 0.717) is 17.9 Å². The second-order valence-electron chi connectivity index (χ2n) is 4.53. The quantitative estimate of drug-likeness (QED) is 0.748. The SMILES string of the molecule is O=C(O)c1ccc2c(c1)Cc1ccc(C(=O)O)cc1O2. The first kappa shape index (κ1) is 12.2. The second kappa shape index (κ2) is 4.38. The van der Waals surface area contributed by atoms with E-state index >= 15 is 0 Å². The Kier molecular flexibility index (Phi) is 2.68. The summed E-state index contributed by atoms with van der Waals surface area (Å²) in [5, 5.41) is 17.9. The molecule has 0 aromatic heterocycles. The van der Waals surface area contributed by atoms with Crippen LogP contribution in [0.25, 0.3) is 0 Å². The van der Waals surface area contributed by atoms with E-state index in [0.717, 1.165) is 11.1 Å². The van der Waals surface area contributed by atoms with Crippen molar-refractivity contribution in [1.82, 2.24) is 0 Å². The molecule has 0 saturated heterocycles. The van der Waals surface area contributed by atoms with Crippen molar-refractivity contribution >= 4 is 11.9 Å². The summed E-state index contributed by atoms with van der Waals surface area (Å²) in [7, 11) is 0. The van der Waals surface area contributed by atoms with Gasteiger partial charge in [-0.2, -0.15) is 0 Å². The van der Waals surface area contributed by atoms with Crippen LogP contribution >= 0.6 is 0 Å². The van der Waals surface area contributed by atoms with Crippen LogP contribution in [-0.2, 0) is 6.42 Å². The van der Waals surface area contributed by atoms with Gasteiger partial charge in [-0.3, -0.25) is 0 Å². The predicted octanol–water partition coefficient (Wildman–Crippen LogP) is 2.78. The normalized spacial score (nSPS) is 12.0. The molecule has 2 aromatic carbocycles.